The Labute approximate surface area is 146 Å². The topological polar surface area (TPSA) is 62.6 Å². The van der Waals surface area contributed by atoms with Crippen LogP contribution in [0.5, 0.6) is 0 Å². The van der Waals surface area contributed by atoms with E-state index in [0.29, 0.717) is 18.7 Å². The average molecular weight is 339 g/mol. The number of benzene rings is 1. The molecule has 25 heavy (non-hydrogen) atoms. The van der Waals surface area contributed by atoms with Crippen molar-refractivity contribution in [1.29, 1.82) is 0 Å². The molecule has 130 valence electrons. The Balaban J connectivity index is 1.98. The lowest BCUT2D eigenvalue weighted by Gasteiger charge is -2.34. The van der Waals surface area contributed by atoms with Gasteiger partial charge in [-0.3, -0.25) is 19.0 Å². The third kappa shape index (κ3) is 3.69. The highest BCUT2D eigenvalue weighted by Gasteiger charge is 2.34. The molecular weight excluding hydrogens is 318 g/mol. The predicted molar refractivity (Wildman–Crippen MR) is 94.6 cm³/mol. The van der Waals surface area contributed by atoms with Crippen LogP contribution in [0.2, 0.25) is 0 Å². The second kappa shape index (κ2) is 7.44. The first-order valence-electron chi connectivity index (χ1n) is 8.31. The molecule has 0 N–H and O–H groups in total. The van der Waals surface area contributed by atoms with Crippen LogP contribution in [-0.2, 0) is 4.79 Å². The van der Waals surface area contributed by atoms with Gasteiger partial charge in [0.1, 0.15) is 0 Å². The summed E-state index contributed by atoms with van der Waals surface area (Å²) in [5.41, 5.74) is 0.0602. The van der Waals surface area contributed by atoms with E-state index in [1.165, 1.54) is 16.8 Å². The fourth-order valence-electron chi connectivity index (χ4n) is 2.97. The summed E-state index contributed by atoms with van der Waals surface area (Å²) in [6.07, 6.45) is 1.50. The van der Waals surface area contributed by atoms with Crippen molar-refractivity contribution in [3.63, 3.8) is 0 Å². The number of pyridine rings is 1. The molecule has 6 heteroatoms. The van der Waals surface area contributed by atoms with Gasteiger partial charge in [0.2, 0.25) is 0 Å². The zero-order valence-electron chi connectivity index (χ0n) is 14.2. The molecule has 1 atom stereocenters. The molecule has 2 aromatic rings. The van der Waals surface area contributed by atoms with E-state index in [4.69, 9.17) is 0 Å². The van der Waals surface area contributed by atoms with E-state index in [9.17, 15) is 14.4 Å². The van der Waals surface area contributed by atoms with Gasteiger partial charge in [-0.05, 0) is 13.1 Å². The molecule has 2 heterocycles. The van der Waals surface area contributed by atoms with Crippen molar-refractivity contribution >= 4 is 11.7 Å². The van der Waals surface area contributed by atoms with Crippen LogP contribution in [-0.4, -0.2) is 59.3 Å². The number of hydrogen-bond acceptors (Lipinski definition) is 4. The van der Waals surface area contributed by atoms with Crippen molar-refractivity contribution in [2.75, 3.05) is 33.2 Å². The van der Waals surface area contributed by atoms with E-state index in [0.717, 1.165) is 13.1 Å². The molecule has 1 saturated heterocycles. The van der Waals surface area contributed by atoms with Crippen LogP contribution < -0.4 is 5.56 Å². The molecule has 0 radical (unpaired) electrons. The maximum Gasteiger partial charge on any atom is 0.253 e. The predicted octanol–water partition coefficient (Wildman–Crippen LogP) is 1.05. The van der Waals surface area contributed by atoms with Crippen molar-refractivity contribution in [2.24, 2.45) is 0 Å². The third-order valence-corrected chi connectivity index (χ3v) is 4.48. The molecule has 3 rings (SSSR count). The second-order valence-corrected chi connectivity index (χ2v) is 6.21. The number of Topliss-reactive ketones (excluding diaryl/α,β-unsaturated/α-hetero) is 1. The van der Waals surface area contributed by atoms with Gasteiger partial charge >= 0.3 is 0 Å². The molecule has 0 bridgehead atoms. The van der Waals surface area contributed by atoms with Gasteiger partial charge in [0.15, 0.2) is 11.8 Å². The number of likely N-dealkylation sites (N-methyl/N-ethyl adjacent to an activating group) is 1. The Morgan fingerprint density at radius 1 is 0.920 bits per heavy atom. The number of nitrogens with zero attached hydrogens (tertiary/aromatic N) is 3. The number of carbonyl (C=O) groups excluding carboxylic acids is 2. The highest BCUT2D eigenvalue weighted by molar-refractivity contribution is 6.11. The van der Waals surface area contributed by atoms with E-state index in [-0.39, 0.29) is 17.2 Å². The van der Waals surface area contributed by atoms with Crippen LogP contribution in [0.1, 0.15) is 16.4 Å². The maximum absolute atomic E-state index is 13.1. The first kappa shape index (κ1) is 17.1. The minimum absolute atomic E-state index is 0.324. The van der Waals surface area contributed by atoms with Crippen molar-refractivity contribution in [3.8, 4) is 0 Å². The van der Waals surface area contributed by atoms with Gasteiger partial charge in [-0.25, -0.2) is 0 Å². The van der Waals surface area contributed by atoms with Crippen molar-refractivity contribution < 1.29 is 9.59 Å². The lowest BCUT2D eigenvalue weighted by molar-refractivity contribution is -0.135. The Morgan fingerprint density at radius 3 is 2.20 bits per heavy atom. The lowest BCUT2D eigenvalue weighted by Crippen LogP contribution is -2.51. The van der Waals surface area contributed by atoms with Gasteiger partial charge in [-0.2, -0.15) is 0 Å². The molecule has 1 unspecified atom stereocenters. The number of hydrogen-bond donors (Lipinski definition) is 0. The van der Waals surface area contributed by atoms with Crippen LogP contribution in [0.4, 0.5) is 0 Å². The van der Waals surface area contributed by atoms with E-state index in [2.05, 4.69) is 4.90 Å². The average Bonchev–Trinajstić information content (AvgIpc) is 2.64. The standard InChI is InChI=1S/C19H21N3O3/c1-20-11-13-21(14-12-20)19(25)17(22-10-6-5-9-16(22)23)18(24)15-7-3-2-4-8-15/h2-10,17H,11-14H2,1H3. The minimum Gasteiger partial charge on any atom is -0.338 e. The normalized spacial score (nSPS) is 16.4. The van der Waals surface area contributed by atoms with E-state index in [1.54, 1.807) is 41.3 Å². The quantitative estimate of drug-likeness (QED) is 0.617. The lowest BCUT2D eigenvalue weighted by atomic mass is 10.0. The van der Waals surface area contributed by atoms with Crippen LogP contribution in [0, 0.1) is 0 Å². The van der Waals surface area contributed by atoms with E-state index < -0.39 is 6.04 Å². The number of aromatic nitrogens is 1. The fraction of sp³-hybridized carbons (Fsp3) is 0.316. The SMILES string of the molecule is CN1CCN(C(=O)C(C(=O)c2ccccc2)n2ccccc2=O)CC1. The third-order valence-electron chi connectivity index (χ3n) is 4.48. The van der Waals surface area contributed by atoms with Crippen LogP contribution in [0.3, 0.4) is 0 Å². The first-order valence-corrected chi connectivity index (χ1v) is 8.31. The second-order valence-electron chi connectivity index (χ2n) is 6.21. The van der Waals surface area contributed by atoms with Gasteiger partial charge in [0.25, 0.3) is 11.5 Å². The van der Waals surface area contributed by atoms with Gasteiger partial charge in [0.05, 0.1) is 0 Å². The summed E-state index contributed by atoms with van der Waals surface area (Å²) in [5, 5.41) is 0. The number of rotatable bonds is 4. The summed E-state index contributed by atoms with van der Waals surface area (Å²) in [7, 11) is 2.00. The Kier molecular flexibility index (Phi) is 5.09. The van der Waals surface area contributed by atoms with E-state index >= 15 is 0 Å². The molecular formula is C19H21N3O3. The Bertz CT molecular complexity index is 808. The van der Waals surface area contributed by atoms with Crippen LogP contribution >= 0.6 is 0 Å². The van der Waals surface area contributed by atoms with Gasteiger partial charge in [0, 0.05) is 44.0 Å². The number of ketones is 1. The molecule has 1 aliphatic rings. The molecule has 0 saturated carbocycles. The molecule has 1 aromatic heterocycles. The highest BCUT2D eigenvalue weighted by Crippen LogP contribution is 2.17. The smallest absolute Gasteiger partial charge is 0.253 e. The summed E-state index contributed by atoms with van der Waals surface area (Å²) in [6, 6.07) is 12.1. The molecule has 1 aliphatic heterocycles. The Morgan fingerprint density at radius 2 is 1.56 bits per heavy atom. The zero-order chi connectivity index (χ0) is 17.8. The minimum atomic E-state index is -1.17. The zero-order valence-corrected chi connectivity index (χ0v) is 14.2. The summed E-state index contributed by atoms with van der Waals surface area (Å²) >= 11 is 0. The van der Waals surface area contributed by atoms with Crippen molar-refractivity contribution in [3.05, 3.63) is 70.6 Å². The van der Waals surface area contributed by atoms with Crippen molar-refractivity contribution in [1.82, 2.24) is 14.4 Å². The van der Waals surface area contributed by atoms with E-state index in [1.807, 2.05) is 13.1 Å². The maximum atomic E-state index is 13.1. The molecule has 6 nitrogen and oxygen atoms in total. The number of carbonyl (C=O) groups is 2. The van der Waals surface area contributed by atoms with Crippen molar-refractivity contribution in [2.45, 2.75) is 6.04 Å². The number of amides is 1. The Hall–Kier alpha value is -2.73. The number of piperazine rings is 1. The molecule has 0 aliphatic carbocycles. The summed E-state index contributed by atoms with van der Waals surface area (Å²) in [4.78, 5) is 42.2. The molecule has 0 spiro atoms. The van der Waals surface area contributed by atoms with Gasteiger partial charge in [-0.1, -0.05) is 36.4 Å². The highest BCUT2D eigenvalue weighted by atomic mass is 16.2. The first-order chi connectivity index (χ1) is 12.1. The molecule has 1 aromatic carbocycles. The summed E-state index contributed by atoms with van der Waals surface area (Å²) < 4.78 is 1.23. The summed E-state index contributed by atoms with van der Waals surface area (Å²) in [5.74, 6) is -0.687. The monoisotopic (exact) mass is 339 g/mol. The van der Waals surface area contributed by atoms with Gasteiger partial charge in [-0.15, -0.1) is 0 Å². The summed E-state index contributed by atoms with van der Waals surface area (Å²) in [6.45, 7) is 2.61. The molecule has 1 fully saturated rings. The van der Waals surface area contributed by atoms with Crippen LogP contribution in [0.15, 0.2) is 59.5 Å². The van der Waals surface area contributed by atoms with Gasteiger partial charge < -0.3 is 9.80 Å². The molecule has 1 amide bonds. The largest absolute Gasteiger partial charge is 0.338 e. The van der Waals surface area contributed by atoms with Crippen LogP contribution in [0.25, 0.3) is 0 Å². The fourth-order valence-corrected chi connectivity index (χ4v) is 2.97.